The molecule has 0 spiro atoms. The van der Waals surface area contributed by atoms with Crippen LogP contribution in [0.25, 0.3) is 0 Å². The zero-order valence-corrected chi connectivity index (χ0v) is 11.1. The monoisotopic (exact) mass is 261 g/mol. The van der Waals surface area contributed by atoms with Crippen LogP contribution in [-0.4, -0.2) is 31.3 Å². The van der Waals surface area contributed by atoms with Crippen LogP contribution in [-0.2, 0) is 20.0 Å². The molecule has 2 aromatic heterocycles. The Labute approximate surface area is 112 Å². The molecule has 0 saturated heterocycles. The number of aliphatic hydroxyl groups excluding tert-OH is 1. The van der Waals surface area contributed by atoms with E-state index in [0.29, 0.717) is 12.6 Å². The number of hydrogen-bond donors (Lipinski definition) is 2. The Kier molecular flexibility index (Phi) is 3.25. The van der Waals surface area contributed by atoms with Crippen molar-refractivity contribution < 1.29 is 5.11 Å². The largest absolute Gasteiger partial charge is 0.394 e. The van der Waals surface area contributed by atoms with E-state index in [1.54, 1.807) is 10.9 Å². The van der Waals surface area contributed by atoms with Gasteiger partial charge in [-0.3, -0.25) is 9.36 Å². The Morgan fingerprint density at radius 3 is 3.16 bits per heavy atom. The molecule has 1 aliphatic carbocycles. The zero-order valence-electron chi connectivity index (χ0n) is 11.1. The van der Waals surface area contributed by atoms with E-state index in [0.717, 1.165) is 18.5 Å². The van der Waals surface area contributed by atoms with E-state index in [2.05, 4.69) is 15.5 Å². The van der Waals surface area contributed by atoms with E-state index in [9.17, 15) is 0 Å². The van der Waals surface area contributed by atoms with Gasteiger partial charge in [-0.2, -0.15) is 10.2 Å². The molecule has 0 fully saturated rings. The molecule has 19 heavy (non-hydrogen) atoms. The number of hydrogen-bond acceptors (Lipinski definition) is 4. The molecule has 2 heterocycles. The molecule has 0 aromatic carbocycles. The normalized spacial score (nSPS) is 18.3. The Hall–Kier alpha value is -1.82. The van der Waals surface area contributed by atoms with Crippen LogP contribution in [0.3, 0.4) is 0 Å². The maximum Gasteiger partial charge on any atom is 0.0731 e. The van der Waals surface area contributed by atoms with E-state index in [-0.39, 0.29) is 6.61 Å². The molecule has 0 aliphatic heterocycles. The standard InChI is InChI=1S/C13H19N5O/c1-17-13-4-2-3-12(11(13)8-14-17)16-10-7-15-18(9-10)5-6-19/h7-9,12,16,19H,2-6H2,1H3. The van der Waals surface area contributed by atoms with Crippen molar-refractivity contribution in [3.05, 3.63) is 29.8 Å². The molecule has 6 heteroatoms. The van der Waals surface area contributed by atoms with Gasteiger partial charge >= 0.3 is 0 Å². The van der Waals surface area contributed by atoms with Crippen molar-refractivity contribution in [2.75, 3.05) is 11.9 Å². The van der Waals surface area contributed by atoms with Gasteiger partial charge in [0.15, 0.2) is 0 Å². The maximum absolute atomic E-state index is 8.89. The van der Waals surface area contributed by atoms with Crippen LogP contribution in [0.5, 0.6) is 0 Å². The summed E-state index contributed by atoms with van der Waals surface area (Å²) in [5.74, 6) is 0. The van der Waals surface area contributed by atoms with Crippen molar-refractivity contribution >= 4 is 5.69 Å². The maximum atomic E-state index is 8.89. The summed E-state index contributed by atoms with van der Waals surface area (Å²) in [5.41, 5.74) is 3.62. The first-order chi connectivity index (χ1) is 9.28. The quantitative estimate of drug-likeness (QED) is 0.865. The molecule has 3 rings (SSSR count). The van der Waals surface area contributed by atoms with E-state index in [1.165, 1.54) is 17.7 Å². The van der Waals surface area contributed by atoms with Gasteiger partial charge in [0.05, 0.1) is 37.3 Å². The first kappa shape index (κ1) is 12.2. The molecule has 0 amide bonds. The predicted octanol–water partition coefficient (Wildman–Crippen LogP) is 1.10. The SMILES string of the molecule is Cn1ncc2c1CCCC2Nc1cnn(CCO)c1. The molecule has 0 bridgehead atoms. The average Bonchev–Trinajstić information content (AvgIpc) is 2.99. The van der Waals surface area contributed by atoms with Crippen molar-refractivity contribution in [3.63, 3.8) is 0 Å². The molecule has 0 saturated carbocycles. The number of nitrogens with zero attached hydrogens (tertiary/aromatic N) is 4. The van der Waals surface area contributed by atoms with Gasteiger partial charge in [0.1, 0.15) is 0 Å². The molecule has 1 aliphatic rings. The summed E-state index contributed by atoms with van der Waals surface area (Å²) in [6, 6.07) is 0.309. The minimum Gasteiger partial charge on any atom is -0.394 e. The van der Waals surface area contributed by atoms with E-state index >= 15 is 0 Å². The topological polar surface area (TPSA) is 67.9 Å². The highest BCUT2D eigenvalue weighted by molar-refractivity contribution is 5.43. The van der Waals surface area contributed by atoms with Gasteiger partial charge in [0.2, 0.25) is 0 Å². The summed E-state index contributed by atoms with van der Waals surface area (Å²) in [6.45, 7) is 0.641. The average molecular weight is 261 g/mol. The Balaban J connectivity index is 1.76. The smallest absolute Gasteiger partial charge is 0.0731 e. The van der Waals surface area contributed by atoms with Crippen molar-refractivity contribution in [3.8, 4) is 0 Å². The van der Waals surface area contributed by atoms with Gasteiger partial charge in [0.25, 0.3) is 0 Å². The van der Waals surface area contributed by atoms with Crippen LogP contribution in [0.15, 0.2) is 18.6 Å². The van der Waals surface area contributed by atoms with Gasteiger partial charge in [-0.25, -0.2) is 0 Å². The lowest BCUT2D eigenvalue weighted by atomic mass is 9.93. The molecule has 1 atom stereocenters. The van der Waals surface area contributed by atoms with Crippen LogP contribution in [0.1, 0.15) is 30.1 Å². The van der Waals surface area contributed by atoms with Crippen LogP contribution in [0.2, 0.25) is 0 Å². The first-order valence-corrected chi connectivity index (χ1v) is 6.68. The number of aliphatic hydroxyl groups is 1. The third-order valence-corrected chi connectivity index (χ3v) is 3.68. The van der Waals surface area contributed by atoms with Crippen LogP contribution >= 0.6 is 0 Å². The van der Waals surface area contributed by atoms with E-state index in [1.807, 2.05) is 24.1 Å². The Morgan fingerprint density at radius 1 is 1.42 bits per heavy atom. The third-order valence-electron chi connectivity index (χ3n) is 3.68. The predicted molar refractivity (Wildman–Crippen MR) is 71.8 cm³/mol. The van der Waals surface area contributed by atoms with Crippen molar-refractivity contribution in [1.82, 2.24) is 19.6 Å². The van der Waals surface area contributed by atoms with Gasteiger partial charge in [-0.05, 0) is 19.3 Å². The fourth-order valence-electron chi connectivity index (χ4n) is 2.72. The van der Waals surface area contributed by atoms with Crippen molar-refractivity contribution in [2.45, 2.75) is 31.8 Å². The number of fused-ring (bicyclic) bond motifs is 1. The lowest BCUT2D eigenvalue weighted by Crippen LogP contribution is -2.17. The summed E-state index contributed by atoms with van der Waals surface area (Å²) in [5, 5.41) is 21.0. The second kappa shape index (κ2) is 5.05. The van der Waals surface area contributed by atoms with Crippen molar-refractivity contribution in [2.24, 2.45) is 7.05 Å². The highest BCUT2D eigenvalue weighted by atomic mass is 16.3. The van der Waals surface area contributed by atoms with Crippen LogP contribution < -0.4 is 5.32 Å². The van der Waals surface area contributed by atoms with Gasteiger partial charge in [-0.15, -0.1) is 0 Å². The summed E-state index contributed by atoms with van der Waals surface area (Å²) in [6.07, 6.45) is 9.10. The molecule has 2 N–H and O–H groups in total. The second-order valence-electron chi connectivity index (χ2n) is 4.98. The molecule has 0 radical (unpaired) electrons. The van der Waals surface area contributed by atoms with Crippen molar-refractivity contribution in [1.29, 1.82) is 0 Å². The Bertz CT molecular complexity index is 559. The fraction of sp³-hybridized carbons (Fsp3) is 0.538. The highest BCUT2D eigenvalue weighted by Crippen LogP contribution is 2.31. The number of anilines is 1. The lowest BCUT2D eigenvalue weighted by Gasteiger charge is -2.23. The zero-order chi connectivity index (χ0) is 13.2. The summed E-state index contributed by atoms with van der Waals surface area (Å²) < 4.78 is 3.72. The molecule has 102 valence electrons. The summed E-state index contributed by atoms with van der Waals surface area (Å²) in [4.78, 5) is 0. The molecular formula is C13H19N5O. The summed E-state index contributed by atoms with van der Waals surface area (Å²) >= 11 is 0. The number of nitrogens with one attached hydrogen (secondary N) is 1. The number of aryl methyl sites for hydroxylation is 1. The first-order valence-electron chi connectivity index (χ1n) is 6.68. The van der Waals surface area contributed by atoms with E-state index in [4.69, 9.17) is 5.11 Å². The Morgan fingerprint density at radius 2 is 2.32 bits per heavy atom. The molecule has 2 aromatic rings. The van der Waals surface area contributed by atoms with Gasteiger partial charge in [-0.1, -0.05) is 0 Å². The van der Waals surface area contributed by atoms with Gasteiger partial charge < -0.3 is 10.4 Å². The molecular weight excluding hydrogens is 242 g/mol. The van der Waals surface area contributed by atoms with Gasteiger partial charge in [0, 0.05) is 24.5 Å². The third kappa shape index (κ3) is 2.35. The second-order valence-corrected chi connectivity index (χ2v) is 4.98. The van der Waals surface area contributed by atoms with E-state index < -0.39 is 0 Å². The van der Waals surface area contributed by atoms with Crippen LogP contribution in [0.4, 0.5) is 5.69 Å². The lowest BCUT2D eigenvalue weighted by molar-refractivity contribution is 0.269. The number of rotatable bonds is 4. The van der Waals surface area contributed by atoms with Crippen LogP contribution in [0, 0.1) is 0 Å². The fourth-order valence-corrected chi connectivity index (χ4v) is 2.72. The molecule has 1 unspecified atom stereocenters. The number of aromatic nitrogens is 4. The minimum atomic E-state index is 0.108. The molecule has 6 nitrogen and oxygen atoms in total. The summed E-state index contributed by atoms with van der Waals surface area (Å²) in [7, 11) is 2.00. The minimum absolute atomic E-state index is 0.108. The highest BCUT2D eigenvalue weighted by Gasteiger charge is 2.23.